The van der Waals surface area contributed by atoms with Gasteiger partial charge >= 0.3 is 0 Å². The average Bonchev–Trinajstić information content (AvgIpc) is 3.84. The summed E-state index contributed by atoms with van der Waals surface area (Å²) in [5.41, 5.74) is 2.42. The molecule has 0 saturated heterocycles. The molecule has 3 heterocycles. The lowest BCUT2D eigenvalue weighted by atomic mass is 9.80. The molecule has 2 atom stereocenters. The van der Waals surface area contributed by atoms with Crippen LogP contribution in [0.5, 0.6) is 11.5 Å². The van der Waals surface area contributed by atoms with E-state index < -0.39 is 52.4 Å². The van der Waals surface area contributed by atoms with E-state index in [1.165, 1.54) is 19.2 Å². The Morgan fingerprint density at radius 3 is 2.53 bits per heavy atom. The molecule has 13 heteroatoms. The third kappa shape index (κ3) is 5.80. The van der Waals surface area contributed by atoms with Gasteiger partial charge in [-0.2, -0.15) is 0 Å². The van der Waals surface area contributed by atoms with E-state index >= 15 is 4.39 Å². The molecule has 7 rings (SSSR count). The Kier molecular flexibility index (Phi) is 7.95. The highest BCUT2D eigenvalue weighted by molar-refractivity contribution is 6.31. The first-order valence-corrected chi connectivity index (χ1v) is 15.7. The van der Waals surface area contributed by atoms with Crippen molar-refractivity contribution in [1.29, 1.82) is 0 Å². The number of nitrogens with one attached hydrogen (secondary N) is 1. The second kappa shape index (κ2) is 12.0. The van der Waals surface area contributed by atoms with Crippen LogP contribution in [0.25, 0.3) is 22.2 Å². The van der Waals surface area contributed by atoms with Crippen LogP contribution in [0.2, 0.25) is 5.02 Å². The summed E-state index contributed by atoms with van der Waals surface area (Å²) in [6.07, 6.45) is 3.25. The summed E-state index contributed by atoms with van der Waals surface area (Å²) in [6, 6.07) is 15.4. The van der Waals surface area contributed by atoms with Gasteiger partial charge in [0.1, 0.15) is 46.1 Å². The van der Waals surface area contributed by atoms with Gasteiger partial charge < -0.3 is 25.6 Å². The number of primary amides is 1. The summed E-state index contributed by atoms with van der Waals surface area (Å²) in [5.74, 6) is -4.98. The molecule has 9 nitrogen and oxygen atoms in total. The van der Waals surface area contributed by atoms with Gasteiger partial charge in [-0.15, -0.1) is 0 Å². The molecule has 1 aliphatic carbocycles. The van der Waals surface area contributed by atoms with Crippen molar-refractivity contribution < 1.29 is 37.3 Å². The highest BCUT2D eigenvalue weighted by atomic mass is 35.5. The number of carbonyl (C=O) groups excluding carboxylic acids is 2. The maximum Gasteiger partial charge on any atom is 0.251 e. The number of aromatic nitrogens is 2. The lowest BCUT2D eigenvalue weighted by Gasteiger charge is -2.30. The highest BCUT2D eigenvalue weighted by Crippen LogP contribution is 2.47. The van der Waals surface area contributed by atoms with Crippen LogP contribution in [0.15, 0.2) is 72.9 Å². The molecule has 3 aromatic carbocycles. The lowest BCUT2D eigenvalue weighted by molar-refractivity contribution is -0.123. The number of fused-ring (bicyclic) bond motifs is 2. The fourth-order valence-corrected chi connectivity index (χ4v) is 5.99. The zero-order chi connectivity index (χ0) is 34.7. The first-order chi connectivity index (χ1) is 23.4. The molecule has 0 unspecified atom stereocenters. The van der Waals surface area contributed by atoms with Gasteiger partial charge in [0.15, 0.2) is 11.6 Å². The first kappa shape index (κ1) is 32.4. The van der Waals surface area contributed by atoms with Crippen LogP contribution in [0.3, 0.4) is 0 Å². The van der Waals surface area contributed by atoms with Gasteiger partial charge in [0.2, 0.25) is 5.91 Å². The van der Waals surface area contributed by atoms with Gasteiger partial charge in [-0.05, 0) is 55.7 Å². The minimum Gasteiger partial charge on any atom is -0.489 e. The van der Waals surface area contributed by atoms with E-state index in [0.29, 0.717) is 33.8 Å². The molecule has 49 heavy (non-hydrogen) atoms. The van der Waals surface area contributed by atoms with Gasteiger partial charge in [-0.25, -0.2) is 18.2 Å². The molecule has 4 N–H and O–H groups in total. The van der Waals surface area contributed by atoms with Crippen LogP contribution < -0.4 is 20.5 Å². The Labute approximate surface area is 282 Å². The number of amides is 2. The van der Waals surface area contributed by atoms with E-state index in [0.717, 1.165) is 12.8 Å². The predicted octanol–water partition coefficient (Wildman–Crippen LogP) is 5.71. The van der Waals surface area contributed by atoms with Crippen molar-refractivity contribution in [2.24, 2.45) is 5.73 Å². The standard InChI is InChI=1S/C36H28ClF3N4O5/c1-35(34(41)46)17-48-32-24(35)13-29(44-31(32)23-12-26(39)27(40)14-25(23)38)36(47,20-5-3-2-4-6-20)16-43-33(45)19-9-18-10-21(37)15-42-30(18)28(11-19)49-22-7-8-22/h2-6,9-15,22,47H,7-8,16-17H2,1H3,(H2,41,46)(H,43,45)/t35-,36+/m0/s1. The molecule has 250 valence electrons. The number of carbonyl (C=O) groups is 2. The van der Waals surface area contributed by atoms with Crippen molar-refractivity contribution in [1.82, 2.24) is 15.3 Å². The van der Waals surface area contributed by atoms with Crippen LogP contribution >= 0.6 is 11.6 Å². The Hall–Kier alpha value is -5.20. The van der Waals surface area contributed by atoms with Crippen molar-refractivity contribution >= 4 is 34.3 Å². The molecule has 0 spiro atoms. The SMILES string of the molecule is C[C@]1(C(N)=O)COc2c1cc([C@@](O)(CNC(=O)c1cc(OC3CC3)c3ncc(Cl)cc3c1)c1ccccc1)nc2-c1cc(F)c(F)cc1F. The van der Waals surface area contributed by atoms with Crippen LogP contribution in [0, 0.1) is 17.5 Å². The van der Waals surface area contributed by atoms with E-state index in [1.54, 1.807) is 48.5 Å². The second-order valence-corrected chi connectivity index (χ2v) is 12.8. The number of aliphatic hydroxyl groups is 1. The van der Waals surface area contributed by atoms with Gasteiger partial charge in [0.25, 0.3) is 5.91 Å². The van der Waals surface area contributed by atoms with Crippen molar-refractivity contribution in [2.45, 2.75) is 36.9 Å². The number of halogens is 4. The van der Waals surface area contributed by atoms with Gasteiger partial charge in [0.05, 0.1) is 23.4 Å². The van der Waals surface area contributed by atoms with Gasteiger partial charge in [0, 0.05) is 34.3 Å². The number of ether oxygens (including phenoxy) is 2. The maximum atomic E-state index is 15.2. The van der Waals surface area contributed by atoms with Crippen LogP contribution in [0.1, 0.15) is 46.9 Å². The summed E-state index contributed by atoms with van der Waals surface area (Å²) < 4.78 is 55.5. The van der Waals surface area contributed by atoms with Crippen LogP contribution in [0.4, 0.5) is 13.2 Å². The predicted molar refractivity (Wildman–Crippen MR) is 174 cm³/mol. The lowest BCUT2D eigenvalue weighted by Crippen LogP contribution is -2.43. The smallest absolute Gasteiger partial charge is 0.251 e. The number of hydrogen-bond acceptors (Lipinski definition) is 7. The van der Waals surface area contributed by atoms with Crippen LogP contribution in [-0.4, -0.2) is 46.1 Å². The third-order valence-electron chi connectivity index (χ3n) is 8.86. The van der Waals surface area contributed by atoms with E-state index in [-0.39, 0.29) is 46.5 Å². The minimum absolute atomic E-state index is 0.0109. The second-order valence-electron chi connectivity index (χ2n) is 12.4. The van der Waals surface area contributed by atoms with E-state index in [4.69, 9.17) is 26.8 Å². The molecule has 5 aromatic rings. The Balaban J connectivity index is 1.34. The Morgan fingerprint density at radius 2 is 1.82 bits per heavy atom. The zero-order valence-electron chi connectivity index (χ0n) is 25.9. The molecule has 1 aliphatic heterocycles. The number of nitrogens with zero attached hydrogens (tertiary/aromatic N) is 2. The van der Waals surface area contributed by atoms with Crippen molar-refractivity contribution in [3.8, 4) is 22.8 Å². The number of benzene rings is 3. The van der Waals surface area contributed by atoms with Crippen LogP contribution in [-0.2, 0) is 15.8 Å². The average molecular weight is 689 g/mol. The molecule has 0 radical (unpaired) electrons. The minimum atomic E-state index is -2.12. The largest absolute Gasteiger partial charge is 0.489 e. The normalized spacial score (nSPS) is 18.0. The summed E-state index contributed by atoms with van der Waals surface area (Å²) in [7, 11) is 0. The third-order valence-corrected chi connectivity index (χ3v) is 9.06. The summed E-state index contributed by atoms with van der Waals surface area (Å²) in [6.45, 7) is 0.773. The maximum absolute atomic E-state index is 15.2. The fourth-order valence-electron chi connectivity index (χ4n) is 5.83. The topological polar surface area (TPSA) is 137 Å². The van der Waals surface area contributed by atoms with Crippen molar-refractivity contribution in [3.63, 3.8) is 0 Å². The molecular weight excluding hydrogens is 661 g/mol. The number of rotatable bonds is 9. The molecular formula is C36H28ClF3N4O5. The molecule has 1 saturated carbocycles. The number of pyridine rings is 2. The highest BCUT2D eigenvalue weighted by Gasteiger charge is 2.46. The van der Waals surface area contributed by atoms with E-state index in [2.05, 4.69) is 15.3 Å². The zero-order valence-corrected chi connectivity index (χ0v) is 26.7. The number of hydrogen-bond donors (Lipinski definition) is 3. The van der Waals surface area contributed by atoms with Gasteiger partial charge in [-0.1, -0.05) is 41.9 Å². The van der Waals surface area contributed by atoms with E-state index in [1.807, 2.05) is 0 Å². The van der Waals surface area contributed by atoms with Crippen molar-refractivity contribution in [2.75, 3.05) is 13.2 Å². The fraction of sp³-hybridized carbons (Fsp3) is 0.222. The Morgan fingerprint density at radius 1 is 1.08 bits per heavy atom. The molecule has 0 bridgehead atoms. The molecule has 2 aromatic heterocycles. The monoisotopic (exact) mass is 688 g/mol. The van der Waals surface area contributed by atoms with E-state index in [9.17, 15) is 23.5 Å². The first-order valence-electron chi connectivity index (χ1n) is 15.3. The van der Waals surface area contributed by atoms with Gasteiger partial charge in [-0.3, -0.25) is 14.6 Å². The molecule has 2 aliphatic rings. The summed E-state index contributed by atoms with van der Waals surface area (Å²) in [5, 5.41) is 16.2. The van der Waals surface area contributed by atoms with Crippen molar-refractivity contribution in [3.05, 3.63) is 118 Å². The quantitative estimate of drug-likeness (QED) is 0.169. The number of nitrogens with two attached hydrogens (primary N) is 1. The summed E-state index contributed by atoms with van der Waals surface area (Å²) in [4.78, 5) is 35.4. The summed E-state index contributed by atoms with van der Waals surface area (Å²) >= 11 is 6.20. The molecule has 1 fully saturated rings. The molecule has 2 amide bonds. The Bertz CT molecular complexity index is 2170.